The van der Waals surface area contributed by atoms with Gasteiger partial charge in [-0.3, -0.25) is 9.98 Å². The second-order valence-electron chi connectivity index (χ2n) is 5.42. The van der Waals surface area contributed by atoms with Gasteiger partial charge in [-0.05, 0) is 44.1 Å². The molecule has 0 bridgehead atoms. The van der Waals surface area contributed by atoms with Crippen molar-refractivity contribution in [2.75, 3.05) is 0 Å². The van der Waals surface area contributed by atoms with Gasteiger partial charge in [-0.1, -0.05) is 13.0 Å². The minimum atomic E-state index is 0.196. The normalized spacial score (nSPS) is 25.4. The molecule has 2 rings (SSSR count). The summed E-state index contributed by atoms with van der Waals surface area (Å²) in [5.74, 6) is 1.21. The lowest BCUT2D eigenvalue weighted by Crippen LogP contribution is -2.21. The van der Waals surface area contributed by atoms with E-state index in [9.17, 15) is 0 Å². The third kappa shape index (κ3) is 3.90. The van der Waals surface area contributed by atoms with Crippen LogP contribution in [0.5, 0.6) is 0 Å². The summed E-state index contributed by atoms with van der Waals surface area (Å²) in [6.07, 6.45) is 2.99. The van der Waals surface area contributed by atoms with E-state index in [1.807, 2.05) is 11.3 Å². The average Bonchev–Trinajstić information content (AvgIpc) is 2.83. The molecule has 0 saturated carbocycles. The second-order valence-corrected chi connectivity index (χ2v) is 6.45. The Morgan fingerprint density at radius 2 is 2.11 bits per heavy atom. The van der Waals surface area contributed by atoms with Crippen molar-refractivity contribution in [1.82, 2.24) is 0 Å². The number of hydrogen-bond donors (Lipinski definition) is 1. The van der Waals surface area contributed by atoms with Crippen molar-refractivity contribution in [2.24, 2.45) is 21.6 Å². The Morgan fingerprint density at radius 3 is 2.79 bits per heavy atom. The van der Waals surface area contributed by atoms with Gasteiger partial charge in [0.05, 0.1) is 17.9 Å². The quantitative estimate of drug-likeness (QED) is 0.902. The van der Waals surface area contributed by atoms with Gasteiger partial charge in [-0.2, -0.15) is 0 Å². The average molecular weight is 277 g/mol. The number of aryl methyl sites for hydroxylation is 1. The number of aliphatic imine (C=N–C) groups is 2. The van der Waals surface area contributed by atoms with E-state index < -0.39 is 0 Å². The van der Waals surface area contributed by atoms with Crippen molar-refractivity contribution in [3.8, 4) is 0 Å². The van der Waals surface area contributed by atoms with E-state index in [1.54, 1.807) is 0 Å². The highest BCUT2D eigenvalue weighted by molar-refractivity contribution is 7.09. The van der Waals surface area contributed by atoms with Gasteiger partial charge in [0.15, 0.2) is 0 Å². The summed E-state index contributed by atoms with van der Waals surface area (Å²) in [5.41, 5.74) is 7.19. The SMILES string of the molecule is CC(CCc1cccs1)C1=NC(C)C(C)N=C(N)C1. The zero-order chi connectivity index (χ0) is 13.8. The van der Waals surface area contributed by atoms with Crippen molar-refractivity contribution in [1.29, 1.82) is 0 Å². The molecule has 2 N–H and O–H groups in total. The predicted molar refractivity (Wildman–Crippen MR) is 84.4 cm³/mol. The molecule has 19 heavy (non-hydrogen) atoms. The smallest absolute Gasteiger partial charge is 0.0998 e. The third-order valence-electron chi connectivity index (χ3n) is 3.77. The van der Waals surface area contributed by atoms with Gasteiger partial charge < -0.3 is 5.73 Å². The molecule has 0 aliphatic carbocycles. The number of nitrogens with two attached hydrogens (primary N) is 1. The van der Waals surface area contributed by atoms with E-state index >= 15 is 0 Å². The van der Waals surface area contributed by atoms with Crippen LogP contribution in [0.25, 0.3) is 0 Å². The van der Waals surface area contributed by atoms with Crippen LogP contribution in [0.2, 0.25) is 0 Å². The van der Waals surface area contributed by atoms with Gasteiger partial charge in [-0.25, -0.2) is 0 Å². The predicted octanol–water partition coefficient (Wildman–Crippen LogP) is 3.30. The fourth-order valence-corrected chi connectivity index (χ4v) is 3.02. The van der Waals surface area contributed by atoms with Crippen molar-refractivity contribution in [3.63, 3.8) is 0 Å². The van der Waals surface area contributed by atoms with Gasteiger partial charge >= 0.3 is 0 Å². The Hall–Kier alpha value is -1.16. The molecule has 2 heterocycles. The topological polar surface area (TPSA) is 50.7 Å². The van der Waals surface area contributed by atoms with E-state index in [4.69, 9.17) is 10.7 Å². The molecule has 4 heteroatoms. The fourth-order valence-electron chi connectivity index (χ4n) is 2.30. The van der Waals surface area contributed by atoms with Crippen molar-refractivity contribution < 1.29 is 0 Å². The first-order chi connectivity index (χ1) is 9.06. The lowest BCUT2D eigenvalue weighted by atomic mass is 9.96. The first-order valence-corrected chi connectivity index (χ1v) is 7.85. The Kier molecular flexibility index (Phi) is 4.75. The summed E-state index contributed by atoms with van der Waals surface area (Å²) in [5, 5.41) is 2.14. The third-order valence-corrected chi connectivity index (χ3v) is 4.71. The highest BCUT2D eigenvalue weighted by atomic mass is 32.1. The first kappa shape index (κ1) is 14.3. The molecule has 0 fully saturated rings. The molecular formula is C15H23N3S. The maximum Gasteiger partial charge on any atom is 0.0998 e. The molecule has 3 unspecified atom stereocenters. The van der Waals surface area contributed by atoms with Gasteiger partial charge in [-0.15, -0.1) is 11.3 Å². The molecule has 0 aromatic carbocycles. The van der Waals surface area contributed by atoms with Crippen LogP contribution in [0.4, 0.5) is 0 Å². The molecule has 104 valence electrons. The van der Waals surface area contributed by atoms with Gasteiger partial charge in [0, 0.05) is 17.0 Å². The minimum absolute atomic E-state index is 0.196. The molecule has 1 aliphatic rings. The summed E-state index contributed by atoms with van der Waals surface area (Å²) in [7, 11) is 0. The van der Waals surface area contributed by atoms with Crippen molar-refractivity contribution in [2.45, 2.75) is 52.1 Å². The van der Waals surface area contributed by atoms with Crippen molar-refractivity contribution in [3.05, 3.63) is 22.4 Å². The maximum atomic E-state index is 5.98. The summed E-state index contributed by atoms with van der Waals surface area (Å²) in [6, 6.07) is 4.75. The molecule has 3 nitrogen and oxygen atoms in total. The highest BCUT2D eigenvalue weighted by Gasteiger charge is 2.20. The lowest BCUT2D eigenvalue weighted by molar-refractivity contribution is 0.601. The van der Waals surface area contributed by atoms with Crippen molar-refractivity contribution >= 4 is 22.9 Å². The first-order valence-electron chi connectivity index (χ1n) is 6.97. The van der Waals surface area contributed by atoms with Gasteiger partial charge in [0.2, 0.25) is 0 Å². The van der Waals surface area contributed by atoms with Crippen LogP contribution in [-0.2, 0) is 6.42 Å². The minimum Gasteiger partial charge on any atom is -0.387 e. The Bertz CT molecular complexity index is 462. The van der Waals surface area contributed by atoms with Crippen LogP contribution in [0.3, 0.4) is 0 Å². The second kappa shape index (κ2) is 6.33. The van der Waals surface area contributed by atoms with Crippen LogP contribution < -0.4 is 5.73 Å². The van der Waals surface area contributed by atoms with Crippen LogP contribution in [-0.4, -0.2) is 23.6 Å². The van der Waals surface area contributed by atoms with Crippen LogP contribution in [0, 0.1) is 5.92 Å². The standard InChI is InChI=1S/C15H23N3S/c1-10(6-7-13-5-4-8-19-13)14-9-15(16)18-12(3)11(2)17-14/h4-5,8,10-12H,6-7,9H2,1-3H3,(H2,16,18). The molecule has 0 saturated heterocycles. The summed E-state index contributed by atoms with van der Waals surface area (Å²) >= 11 is 1.83. The van der Waals surface area contributed by atoms with E-state index in [0.29, 0.717) is 5.92 Å². The molecule has 1 aliphatic heterocycles. The number of nitrogens with zero attached hydrogens (tertiary/aromatic N) is 2. The summed E-state index contributed by atoms with van der Waals surface area (Å²) in [6.45, 7) is 6.46. The Balaban J connectivity index is 1.99. The summed E-state index contributed by atoms with van der Waals surface area (Å²) in [4.78, 5) is 10.8. The number of amidine groups is 1. The Labute approximate surface area is 119 Å². The molecular weight excluding hydrogens is 254 g/mol. The van der Waals surface area contributed by atoms with E-state index in [0.717, 1.165) is 25.1 Å². The number of hydrogen-bond acceptors (Lipinski definition) is 4. The molecule has 3 atom stereocenters. The number of thiophene rings is 1. The molecule has 0 spiro atoms. The van der Waals surface area contributed by atoms with Gasteiger partial charge in [0.1, 0.15) is 0 Å². The van der Waals surface area contributed by atoms with E-state index in [1.165, 1.54) is 10.6 Å². The monoisotopic (exact) mass is 277 g/mol. The van der Waals surface area contributed by atoms with E-state index in [-0.39, 0.29) is 12.1 Å². The summed E-state index contributed by atoms with van der Waals surface area (Å²) < 4.78 is 0. The molecule has 1 aromatic rings. The zero-order valence-corrected chi connectivity index (χ0v) is 12.8. The molecule has 0 amide bonds. The van der Waals surface area contributed by atoms with Crippen LogP contribution >= 0.6 is 11.3 Å². The largest absolute Gasteiger partial charge is 0.387 e. The lowest BCUT2D eigenvalue weighted by Gasteiger charge is -2.15. The number of rotatable bonds is 4. The fraction of sp³-hybridized carbons (Fsp3) is 0.600. The van der Waals surface area contributed by atoms with Crippen LogP contribution in [0.15, 0.2) is 27.5 Å². The molecule has 0 radical (unpaired) electrons. The maximum absolute atomic E-state index is 5.98. The van der Waals surface area contributed by atoms with Gasteiger partial charge in [0.25, 0.3) is 0 Å². The van der Waals surface area contributed by atoms with Crippen LogP contribution in [0.1, 0.15) is 38.5 Å². The highest BCUT2D eigenvalue weighted by Crippen LogP contribution is 2.19. The molecule has 1 aromatic heterocycles. The van der Waals surface area contributed by atoms with E-state index in [2.05, 4.69) is 43.3 Å². The Morgan fingerprint density at radius 1 is 1.37 bits per heavy atom. The zero-order valence-electron chi connectivity index (χ0n) is 12.0.